The van der Waals surface area contributed by atoms with Gasteiger partial charge in [-0.15, -0.1) is 4.68 Å². The van der Waals surface area contributed by atoms with Crippen molar-refractivity contribution in [2.45, 2.75) is 37.7 Å². The first-order chi connectivity index (χ1) is 17.5. The van der Waals surface area contributed by atoms with E-state index < -0.39 is 0 Å². The lowest BCUT2D eigenvalue weighted by molar-refractivity contribution is -0.447. The standard InChI is InChI=1S/C28H30ClN5O2/c29-23-5-7-26(34(31)18-30)25(16-23)22-4-6-24(32-17-22)15-19-2-1-3-21(14-19)20-8-11-33(12-9-20)28(35)27-10-13-36-27/h1-7,14,16-18,20,27,30H,8-13,15,31H2/p+1. The summed E-state index contributed by atoms with van der Waals surface area (Å²) < 4.78 is 6.74. The van der Waals surface area contributed by atoms with Gasteiger partial charge in [0.05, 0.1) is 6.61 Å². The summed E-state index contributed by atoms with van der Waals surface area (Å²) >= 11 is 6.23. The zero-order chi connectivity index (χ0) is 25.1. The molecular weight excluding hydrogens is 474 g/mol. The SMILES string of the molecule is N/C=[N+](\N)c1ccc(Cl)cc1-c1ccc(Cc2cccc(C3CCN(C(=O)C4CCO4)CC3)c2)nc1. The van der Waals surface area contributed by atoms with Crippen LogP contribution in [-0.4, -0.2) is 52.6 Å². The number of aromatic nitrogens is 1. The maximum absolute atomic E-state index is 12.5. The molecule has 0 bridgehead atoms. The lowest BCUT2D eigenvalue weighted by atomic mass is 9.88. The number of nitrogens with zero attached hydrogens (tertiary/aromatic N) is 3. The number of nitrogens with two attached hydrogens (primary N) is 2. The number of ether oxygens (including phenoxy) is 1. The van der Waals surface area contributed by atoms with Gasteiger partial charge in [0.1, 0.15) is 6.10 Å². The second-order valence-corrected chi connectivity index (χ2v) is 9.86. The molecule has 0 saturated carbocycles. The maximum atomic E-state index is 12.5. The van der Waals surface area contributed by atoms with Gasteiger partial charge in [0.25, 0.3) is 12.2 Å². The summed E-state index contributed by atoms with van der Waals surface area (Å²) in [6.07, 6.45) is 6.51. The molecule has 8 heteroatoms. The van der Waals surface area contributed by atoms with E-state index >= 15 is 0 Å². The monoisotopic (exact) mass is 504 g/mol. The van der Waals surface area contributed by atoms with Gasteiger partial charge in [-0.1, -0.05) is 41.9 Å². The topological polar surface area (TPSA) is 97.5 Å². The average molecular weight is 505 g/mol. The molecule has 1 amide bonds. The fraction of sp³-hybridized carbons (Fsp3) is 0.321. The Kier molecular flexibility index (Phi) is 7.20. The zero-order valence-corrected chi connectivity index (χ0v) is 20.9. The minimum Gasteiger partial charge on any atom is -0.368 e. The van der Waals surface area contributed by atoms with Crippen molar-refractivity contribution in [3.63, 3.8) is 0 Å². The van der Waals surface area contributed by atoms with Gasteiger partial charge in [-0.3, -0.25) is 21.4 Å². The smallest absolute Gasteiger partial charge is 0.258 e. The number of carbonyl (C=O) groups excluding carboxylic acids is 1. The van der Waals surface area contributed by atoms with Crippen molar-refractivity contribution in [1.82, 2.24) is 9.88 Å². The molecule has 5 rings (SSSR count). The third kappa shape index (κ3) is 5.22. The number of hydrogen-bond acceptors (Lipinski definition) is 4. The van der Waals surface area contributed by atoms with Crippen LogP contribution in [0.2, 0.25) is 5.02 Å². The maximum Gasteiger partial charge on any atom is 0.258 e. The first kappa shape index (κ1) is 24.3. The molecule has 36 heavy (non-hydrogen) atoms. The Balaban J connectivity index is 1.25. The fourth-order valence-electron chi connectivity index (χ4n) is 4.97. The Morgan fingerprint density at radius 2 is 1.94 bits per heavy atom. The van der Waals surface area contributed by atoms with Gasteiger partial charge in [0, 0.05) is 54.0 Å². The molecule has 3 heterocycles. The van der Waals surface area contributed by atoms with E-state index in [9.17, 15) is 4.79 Å². The van der Waals surface area contributed by atoms with Crippen LogP contribution in [-0.2, 0) is 16.0 Å². The molecule has 4 N–H and O–H groups in total. The molecule has 7 nitrogen and oxygen atoms in total. The third-order valence-corrected chi connectivity index (χ3v) is 7.36. The van der Waals surface area contributed by atoms with Crippen molar-refractivity contribution in [2.75, 3.05) is 19.7 Å². The highest BCUT2D eigenvalue weighted by Crippen LogP contribution is 2.32. The first-order valence-electron chi connectivity index (χ1n) is 12.3. The second-order valence-electron chi connectivity index (χ2n) is 9.43. The van der Waals surface area contributed by atoms with Crippen molar-refractivity contribution in [3.8, 4) is 11.1 Å². The Bertz CT molecular complexity index is 1270. The number of pyridine rings is 1. The Morgan fingerprint density at radius 1 is 1.14 bits per heavy atom. The molecule has 1 aromatic heterocycles. The van der Waals surface area contributed by atoms with Gasteiger partial charge in [-0.25, -0.2) is 0 Å². The minimum absolute atomic E-state index is 0.160. The van der Waals surface area contributed by atoms with Crippen LogP contribution in [0, 0.1) is 0 Å². The van der Waals surface area contributed by atoms with Crippen LogP contribution in [0.4, 0.5) is 5.69 Å². The van der Waals surface area contributed by atoms with Gasteiger partial charge >= 0.3 is 0 Å². The molecule has 0 aliphatic carbocycles. The van der Waals surface area contributed by atoms with Crippen LogP contribution >= 0.6 is 11.6 Å². The lowest BCUT2D eigenvalue weighted by Crippen LogP contribution is -2.48. The Morgan fingerprint density at radius 3 is 2.61 bits per heavy atom. The molecule has 186 valence electrons. The highest BCUT2D eigenvalue weighted by Gasteiger charge is 2.32. The van der Waals surface area contributed by atoms with E-state index in [1.54, 1.807) is 6.07 Å². The fourth-order valence-corrected chi connectivity index (χ4v) is 5.14. The van der Waals surface area contributed by atoms with Crippen molar-refractivity contribution in [1.29, 1.82) is 0 Å². The number of amides is 1. The minimum atomic E-state index is -0.206. The number of rotatable bonds is 6. The van der Waals surface area contributed by atoms with Gasteiger partial charge in [0.2, 0.25) is 0 Å². The van der Waals surface area contributed by atoms with Crippen LogP contribution in [0.15, 0.2) is 60.8 Å². The normalized spacial score (nSPS) is 18.6. The molecule has 2 aliphatic heterocycles. The summed E-state index contributed by atoms with van der Waals surface area (Å²) in [5, 5.41) is 0.617. The molecular formula is C28H31ClN5O2+. The first-order valence-corrected chi connectivity index (χ1v) is 12.7. The van der Waals surface area contributed by atoms with Crippen molar-refractivity contribution in [2.24, 2.45) is 11.6 Å². The number of likely N-dealkylation sites (tertiary alicyclic amines) is 1. The van der Waals surface area contributed by atoms with Crippen LogP contribution in [0.5, 0.6) is 0 Å². The number of benzene rings is 2. The Labute approximate surface area is 216 Å². The summed E-state index contributed by atoms with van der Waals surface area (Å²) in [4.78, 5) is 19.1. The summed E-state index contributed by atoms with van der Waals surface area (Å²) in [6, 6.07) is 18.3. The van der Waals surface area contributed by atoms with Crippen molar-refractivity contribution in [3.05, 3.63) is 82.6 Å². The molecule has 2 saturated heterocycles. The summed E-state index contributed by atoms with van der Waals surface area (Å²) in [7, 11) is 0. The molecule has 0 spiro atoms. The van der Waals surface area contributed by atoms with Crippen LogP contribution in [0.3, 0.4) is 0 Å². The van der Waals surface area contributed by atoms with E-state index in [0.717, 1.165) is 61.3 Å². The van der Waals surface area contributed by atoms with Gasteiger partial charge in [-0.2, -0.15) is 0 Å². The van der Waals surface area contributed by atoms with E-state index in [0.29, 0.717) is 17.5 Å². The molecule has 1 unspecified atom stereocenters. The largest absolute Gasteiger partial charge is 0.368 e. The molecule has 2 aromatic carbocycles. The van der Waals surface area contributed by atoms with E-state index in [-0.39, 0.29) is 12.0 Å². The Hall–Kier alpha value is -3.42. The number of hydrazine groups is 1. The van der Waals surface area contributed by atoms with Crippen LogP contribution < -0.4 is 11.6 Å². The van der Waals surface area contributed by atoms with Crippen molar-refractivity contribution >= 4 is 29.5 Å². The number of hydrogen-bond donors (Lipinski definition) is 2. The van der Waals surface area contributed by atoms with Gasteiger partial charge < -0.3 is 9.64 Å². The highest BCUT2D eigenvalue weighted by atomic mass is 35.5. The number of hydrazone groups is 1. The lowest BCUT2D eigenvalue weighted by Gasteiger charge is -2.36. The van der Waals surface area contributed by atoms with E-state index in [1.807, 2.05) is 35.4 Å². The summed E-state index contributed by atoms with van der Waals surface area (Å²) in [6.45, 7) is 2.30. The molecule has 2 fully saturated rings. The predicted octanol–water partition coefficient (Wildman–Crippen LogP) is 3.99. The molecule has 3 aromatic rings. The second kappa shape index (κ2) is 10.7. The van der Waals surface area contributed by atoms with Crippen molar-refractivity contribution < 1.29 is 14.2 Å². The molecule has 2 aliphatic rings. The van der Waals surface area contributed by atoms with E-state index in [2.05, 4.69) is 24.3 Å². The molecule has 0 radical (unpaired) electrons. The van der Waals surface area contributed by atoms with Gasteiger partial charge in [-0.05, 0) is 54.2 Å². The van der Waals surface area contributed by atoms with Crippen LogP contribution in [0.1, 0.15) is 42.0 Å². The van der Waals surface area contributed by atoms with E-state index in [4.69, 9.17) is 32.9 Å². The zero-order valence-electron chi connectivity index (χ0n) is 20.1. The quantitative estimate of drug-likeness (QED) is 0.174. The third-order valence-electron chi connectivity index (χ3n) is 7.12. The highest BCUT2D eigenvalue weighted by molar-refractivity contribution is 6.31. The summed E-state index contributed by atoms with van der Waals surface area (Å²) in [5.74, 6) is 6.62. The van der Waals surface area contributed by atoms with Gasteiger partial charge in [0.15, 0.2) is 5.69 Å². The molecule has 1 atom stereocenters. The number of piperidine rings is 1. The number of halogens is 1. The summed E-state index contributed by atoms with van der Waals surface area (Å²) in [5.41, 5.74) is 11.7. The number of carbonyl (C=O) groups is 1. The predicted molar refractivity (Wildman–Crippen MR) is 141 cm³/mol. The van der Waals surface area contributed by atoms with Crippen LogP contribution in [0.25, 0.3) is 11.1 Å². The van der Waals surface area contributed by atoms with E-state index in [1.165, 1.54) is 22.1 Å². The average Bonchev–Trinajstić information content (AvgIpc) is 2.88.